The van der Waals surface area contributed by atoms with Crippen molar-refractivity contribution in [1.29, 1.82) is 0 Å². The van der Waals surface area contributed by atoms with Crippen molar-refractivity contribution in [2.75, 3.05) is 26.3 Å². The van der Waals surface area contributed by atoms with Crippen molar-refractivity contribution in [3.05, 3.63) is 0 Å². The van der Waals surface area contributed by atoms with E-state index in [4.69, 9.17) is 4.74 Å². The molecule has 1 heterocycles. The molecule has 1 fully saturated rings. The van der Waals surface area contributed by atoms with Gasteiger partial charge in [-0.3, -0.25) is 0 Å². The van der Waals surface area contributed by atoms with Crippen molar-refractivity contribution in [1.82, 2.24) is 0 Å². The van der Waals surface area contributed by atoms with E-state index in [1.807, 2.05) is 0 Å². The first-order chi connectivity index (χ1) is 4.80. The van der Waals surface area contributed by atoms with Crippen LogP contribution in [0.1, 0.15) is 20.3 Å². The molecule has 0 aliphatic carbocycles. The largest absolute Gasteiger partial charge is 0.375 e. The zero-order chi connectivity index (χ0) is 7.40. The highest BCUT2D eigenvalue weighted by Crippen LogP contribution is 1.83. The van der Waals surface area contributed by atoms with E-state index >= 15 is 0 Å². The zero-order valence-corrected chi connectivity index (χ0v) is 7.02. The molecule has 1 atom stereocenters. The molecule has 0 aromatic heterocycles. The third-order valence-corrected chi connectivity index (χ3v) is 2.17. The summed E-state index contributed by atoms with van der Waals surface area (Å²) in [6.45, 7) is 8.96. The molecule has 1 rings (SSSR count). The first-order valence-electron chi connectivity index (χ1n) is 4.23. The summed E-state index contributed by atoms with van der Waals surface area (Å²) in [5.41, 5.74) is 0. The molecule has 1 saturated heterocycles. The van der Waals surface area contributed by atoms with Crippen molar-refractivity contribution in [3.8, 4) is 0 Å². The van der Waals surface area contributed by atoms with Gasteiger partial charge in [0.15, 0.2) is 0 Å². The monoisotopic (exact) mass is 144 g/mol. The molecule has 0 bridgehead atoms. The Morgan fingerprint density at radius 2 is 2.00 bits per heavy atom. The Morgan fingerprint density at radius 3 is 2.70 bits per heavy atom. The van der Waals surface area contributed by atoms with Crippen LogP contribution in [-0.2, 0) is 4.74 Å². The van der Waals surface area contributed by atoms with Crippen LogP contribution in [-0.4, -0.2) is 32.3 Å². The summed E-state index contributed by atoms with van der Waals surface area (Å²) >= 11 is 0. The Bertz CT molecular complexity index is 85.3. The summed E-state index contributed by atoms with van der Waals surface area (Å²) in [6.07, 6.45) is 1.23. The highest BCUT2D eigenvalue weighted by molar-refractivity contribution is 4.43. The summed E-state index contributed by atoms with van der Waals surface area (Å²) in [5.74, 6) is 0. The summed E-state index contributed by atoms with van der Waals surface area (Å²) < 4.78 is 5.35. The smallest absolute Gasteiger partial charge is 0.101 e. The van der Waals surface area contributed by atoms with Gasteiger partial charge in [-0.2, -0.15) is 0 Å². The van der Waals surface area contributed by atoms with Crippen LogP contribution in [0.5, 0.6) is 0 Å². The predicted molar refractivity (Wildman–Crippen MR) is 41.3 cm³/mol. The van der Waals surface area contributed by atoms with Gasteiger partial charge in [-0.05, 0) is 13.8 Å². The molecule has 1 aliphatic heterocycles. The Hall–Kier alpha value is -0.0800. The Balaban J connectivity index is 2.28. The van der Waals surface area contributed by atoms with Gasteiger partial charge in [0.05, 0.1) is 25.8 Å². The summed E-state index contributed by atoms with van der Waals surface area (Å²) in [6, 6.07) is 0.765. The number of ether oxygens (including phenoxy) is 1. The van der Waals surface area contributed by atoms with Gasteiger partial charge in [-0.1, -0.05) is 0 Å². The van der Waals surface area contributed by atoms with Crippen molar-refractivity contribution in [3.63, 3.8) is 0 Å². The van der Waals surface area contributed by atoms with Crippen molar-refractivity contribution >= 4 is 0 Å². The van der Waals surface area contributed by atoms with Gasteiger partial charge in [0, 0.05) is 6.42 Å². The number of hydrogen-bond donors (Lipinski definition) is 1. The molecule has 2 heteroatoms. The second-order valence-corrected chi connectivity index (χ2v) is 3.28. The number of rotatable bonds is 1. The standard InChI is InChI=1S/C8H17NO/c1-8(2)9-4-3-6-10-7-5-9/h8H,3-7H2,1-2H3/p+1. The lowest BCUT2D eigenvalue weighted by atomic mass is 10.3. The summed E-state index contributed by atoms with van der Waals surface area (Å²) in [4.78, 5) is 1.69. The van der Waals surface area contributed by atoms with Crippen LogP contribution in [0.3, 0.4) is 0 Å². The van der Waals surface area contributed by atoms with Crippen molar-refractivity contribution < 1.29 is 9.64 Å². The lowest BCUT2D eigenvalue weighted by Gasteiger charge is -2.20. The fourth-order valence-corrected chi connectivity index (χ4v) is 1.41. The normalized spacial score (nSPS) is 28.5. The van der Waals surface area contributed by atoms with E-state index < -0.39 is 0 Å². The van der Waals surface area contributed by atoms with Crippen LogP contribution in [0.2, 0.25) is 0 Å². The van der Waals surface area contributed by atoms with E-state index in [0.717, 1.165) is 19.3 Å². The zero-order valence-electron chi connectivity index (χ0n) is 7.02. The van der Waals surface area contributed by atoms with Crippen LogP contribution in [0.25, 0.3) is 0 Å². The van der Waals surface area contributed by atoms with E-state index in [2.05, 4.69) is 13.8 Å². The van der Waals surface area contributed by atoms with Crippen molar-refractivity contribution in [2.45, 2.75) is 26.3 Å². The topological polar surface area (TPSA) is 13.7 Å². The molecule has 0 aromatic carbocycles. The van der Waals surface area contributed by atoms with E-state index in [-0.39, 0.29) is 0 Å². The SMILES string of the molecule is CC(C)[NH+]1CCCOCC1. The van der Waals surface area contributed by atoms with Crippen LogP contribution in [0.15, 0.2) is 0 Å². The van der Waals surface area contributed by atoms with Crippen LogP contribution >= 0.6 is 0 Å². The lowest BCUT2D eigenvalue weighted by Crippen LogP contribution is -3.15. The predicted octanol–water partition coefficient (Wildman–Crippen LogP) is -0.300. The molecule has 0 spiro atoms. The number of nitrogens with one attached hydrogen (secondary N) is 1. The molecule has 2 nitrogen and oxygen atoms in total. The van der Waals surface area contributed by atoms with Crippen LogP contribution in [0.4, 0.5) is 0 Å². The second kappa shape index (κ2) is 3.94. The molecular weight excluding hydrogens is 126 g/mol. The molecule has 1 N–H and O–H groups in total. The fourth-order valence-electron chi connectivity index (χ4n) is 1.41. The van der Waals surface area contributed by atoms with E-state index in [1.54, 1.807) is 4.90 Å². The minimum absolute atomic E-state index is 0.765. The number of hydrogen-bond acceptors (Lipinski definition) is 1. The molecule has 0 aromatic rings. The Labute approximate surface area is 63.2 Å². The summed E-state index contributed by atoms with van der Waals surface area (Å²) in [5, 5.41) is 0. The second-order valence-electron chi connectivity index (χ2n) is 3.28. The molecule has 60 valence electrons. The van der Waals surface area contributed by atoms with Gasteiger partial charge in [-0.25, -0.2) is 0 Å². The van der Waals surface area contributed by atoms with E-state index in [1.165, 1.54) is 19.5 Å². The molecule has 10 heavy (non-hydrogen) atoms. The third-order valence-electron chi connectivity index (χ3n) is 2.17. The van der Waals surface area contributed by atoms with E-state index in [0.29, 0.717) is 0 Å². The van der Waals surface area contributed by atoms with Crippen molar-refractivity contribution in [2.24, 2.45) is 0 Å². The first kappa shape index (κ1) is 8.02. The Kier molecular flexibility index (Phi) is 3.16. The Morgan fingerprint density at radius 1 is 1.20 bits per heavy atom. The molecule has 0 amide bonds. The average molecular weight is 144 g/mol. The molecule has 1 aliphatic rings. The summed E-state index contributed by atoms with van der Waals surface area (Å²) in [7, 11) is 0. The molecule has 0 saturated carbocycles. The van der Waals surface area contributed by atoms with Crippen LogP contribution in [0, 0.1) is 0 Å². The highest BCUT2D eigenvalue weighted by atomic mass is 16.5. The van der Waals surface area contributed by atoms with Gasteiger partial charge < -0.3 is 9.64 Å². The van der Waals surface area contributed by atoms with Gasteiger partial charge in [0.2, 0.25) is 0 Å². The van der Waals surface area contributed by atoms with Gasteiger partial charge in [0.25, 0.3) is 0 Å². The number of quaternary nitrogens is 1. The molecular formula is C8H18NO+. The average Bonchev–Trinajstić information content (AvgIpc) is 2.12. The maximum absolute atomic E-state index is 5.35. The quantitative estimate of drug-likeness (QED) is 0.533. The first-order valence-corrected chi connectivity index (χ1v) is 4.23. The third kappa shape index (κ3) is 2.27. The lowest BCUT2D eigenvalue weighted by molar-refractivity contribution is -0.919. The van der Waals surface area contributed by atoms with Gasteiger partial charge >= 0.3 is 0 Å². The fraction of sp³-hybridized carbons (Fsp3) is 1.00. The maximum Gasteiger partial charge on any atom is 0.101 e. The van der Waals surface area contributed by atoms with Gasteiger partial charge in [0.1, 0.15) is 6.54 Å². The minimum atomic E-state index is 0.765. The van der Waals surface area contributed by atoms with Gasteiger partial charge in [-0.15, -0.1) is 0 Å². The van der Waals surface area contributed by atoms with Crippen LogP contribution < -0.4 is 4.90 Å². The highest BCUT2D eigenvalue weighted by Gasteiger charge is 2.14. The minimum Gasteiger partial charge on any atom is -0.375 e. The molecule has 1 unspecified atom stereocenters. The van der Waals surface area contributed by atoms with E-state index in [9.17, 15) is 0 Å². The maximum atomic E-state index is 5.35. The molecule has 0 radical (unpaired) electrons.